The van der Waals surface area contributed by atoms with E-state index in [-0.39, 0.29) is 36.2 Å². The van der Waals surface area contributed by atoms with Gasteiger partial charge in [0.25, 0.3) is 11.8 Å². The van der Waals surface area contributed by atoms with Crippen LogP contribution in [-0.4, -0.2) is 39.1 Å². The maximum Gasteiger partial charge on any atom is 0.255 e. The first-order valence-corrected chi connectivity index (χ1v) is 15.6. The lowest BCUT2D eigenvalue weighted by Crippen LogP contribution is -2.49. The van der Waals surface area contributed by atoms with Gasteiger partial charge in [-0.25, -0.2) is 0 Å². The number of nitrogens with zero attached hydrogens (tertiary/aromatic N) is 2. The molecule has 10 nitrogen and oxygen atoms in total. The number of methoxy groups -OCH3 is 2. The second kappa shape index (κ2) is 12.0. The zero-order chi connectivity index (χ0) is 31.9. The first-order chi connectivity index (χ1) is 22.4. The van der Waals surface area contributed by atoms with Gasteiger partial charge in [-0.15, -0.1) is 0 Å². The smallest absolute Gasteiger partial charge is 0.255 e. The molecule has 4 aromatic carbocycles. The molecule has 4 heterocycles. The van der Waals surface area contributed by atoms with Gasteiger partial charge in [-0.1, -0.05) is 60.7 Å². The number of anilines is 2. The molecule has 10 heteroatoms. The van der Waals surface area contributed by atoms with Gasteiger partial charge in [0.05, 0.1) is 36.7 Å². The topological polar surface area (TPSA) is 135 Å². The molecule has 4 aliphatic rings. The molecule has 46 heavy (non-hydrogen) atoms. The fourth-order valence-electron chi connectivity index (χ4n) is 7.17. The summed E-state index contributed by atoms with van der Waals surface area (Å²) in [6.07, 6.45) is 1.25. The zero-order valence-electron chi connectivity index (χ0n) is 25.9. The minimum atomic E-state index is -0.236. The Hall–Kier alpha value is -5.06. The highest BCUT2D eigenvalue weighted by Gasteiger charge is 2.39. The summed E-state index contributed by atoms with van der Waals surface area (Å²) in [4.78, 5) is 29.6. The molecule has 0 saturated heterocycles. The van der Waals surface area contributed by atoms with E-state index in [4.69, 9.17) is 20.9 Å². The van der Waals surface area contributed by atoms with Gasteiger partial charge in [-0.05, 0) is 48.2 Å². The number of hydrogen-bond donors (Lipinski definition) is 4. The highest BCUT2D eigenvalue weighted by Crippen LogP contribution is 2.45. The Morgan fingerprint density at radius 1 is 0.587 bits per heavy atom. The van der Waals surface area contributed by atoms with E-state index in [1.54, 1.807) is 14.2 Å². The number of carbonyl (C=O) groups is 2. The van der Waals surface area contributed by atoms with E-state index >= 15 is 0 Å². The molecule has 0 unspecified atom stereocenters. The number of hydrogen-bond acceptors (Lipinski definition) is 8. The minimum absolute atomic E-state index is 0.0228. The van der Waals surface area contributed by atoms with Crippen LogP contribution in [0.3, 0.4) is 0 Å². The highest BCUT2D eigenvalue weighted by molar-refractivity contribution is 6.04. The number of para-hydroxylation sites is 4. The Morgan fingerprint density at radius 3 is 1.39 bits per heavy atom. The molecule has 0 aliphatic carbocycles. The van der Waals surface area contributed by atoms with Crippen LogP contribution in [0.2, 0.25) is 0 Å². The van der Waals surface area contributed by atoms with Crippen molar-refractivity contribution >= 4 is 23.2 Å². The number of carbonyl (C=O) groups excluding carboxylic acids is 2. The van der Waals surface area contributed by atoms with Gasteiger partial charge in [0, 0.05) is 36.3 Å². The van der Waals surface area contributed by atoms with Crippen LogP contribution < -0.4 is 41.4 Å². The SMILES string of the molecule is COc1ccccc1[C@@H]1NC(=O)c2cccc3c2N1CC[C@@H]3N.COc1ccccc1[C@H]1NC(=O)c2cccc3c2N1CC[C@H]3N. The van der Waals surface area contributed by atoms with Gasteiger partial charge < -0.3 is 41.4 Å². The Balaban J connectivity index is 0.000000147. The Labute approximate surface area is 268 Å². The van der Waals surface area contributed by atoms with E-state index in [0.717, 1.165) is 71.1 Å². The van der Waals surface area contributed by atoms with Crippen LogP contribution in [0.1, 0.15) is 80.2 Å². The van der Waals surface area contributed by atoms with Crippen molar-refractivity contribution in [1.82, 2.24) is 10.6 Å². The standard InChI is InChI=1S/2C18H19N3O2/c2*1-23-15-8-3-2-5-12(15)17-20-18(22)13-7-4-6-11-14(19)9-10-21(17)16(11)13/h2*2-8,14,17H,9-10,19H2,1H3,(H,20,22)/t2*14-,17+/m10/s1. The molecule has 4 aromatic rings. The lowest BCUT2D eigenvalue weighted by molar-refractivity contribution is 0.0916. The lowest BCUT2D eigenvalue weighted by Gasteiger charge is -2.44. The molecular weight excluding hydrogens is 580 g/mol. The third kappa shape index (κ3) is 4.90. The van der Waals surface area contributed by atoms with E-state index in [1.165, 1.54) is 0 Å². The van der Waals surface area contributed by atoms with E-state index in [9.17, 15) is 9.59 Å². The lowest BCUT2D eigenvalue weighted by atomic mass is 9.90. The summed E-state index contributed by atoms with van der Waals surface area (Å²) in [6, 6.07) is 27.1. The van der Waals surface area contributed by atoms with Crippen LogP contribution >= 0.6 is 0 Å². The molecule has 0 aromatic heterocycles. The van der Waals surface area contributed by atoms with Crippen molar-refractivity contribution in [3.05, 3.63) is 118 Å². The molecule has 4 aliphatic heterocycles. The molecule has 8 rings (SSSR count). The number of nitrogens with two attached hydrogens (primary N) is 2. The minimum Gasteiger partial charge on any atom is -0.496 e. The van der Waals surface area contributed by atoms with Gasteiger partial charge in [-0.2, -0.15) is 0 Å². The van der Waals surface area contributed by atoms with E-state index in [0.29, 0.717) is 11.1 Å². The third-order valence-electron chi connectivity index (χ3n) is 9.39. The second-order valence-corrected chi connectivity index (χ2v) is 11.9. The first-order valence-electron chi connectivity index (χ1n) is 15.6. The van der Waals surface area contributed by atoms with Gasteiger partial charge in [0.1, 0.15) is 23.8 Å². The number of ether oxygens (including phenoxy) is 2. The van der Waals surface area contributed by atoms with Crippen molar-refractivity contribution in [2.45, 2.75) is 37.3 Å². The number of nitrogens with one attached hydrogen (secondary N) is 2. The molecule has 0 radical (unpaired) electrons. The summed E-state index contributed by atoms with van der Waals surface area (Å²) in [7, 11) is 3.30. The summed E-state index contributed by atoms with van der Waals surface area (Å²) in [6.45, 7) is 1.60. The van der Waals surface area contributed by atoms with Crippen molar-refractivity contribution in [2.24, 2.45) is 11.5 Å². The average molecular weight is 619 g/mol. The quantitative estimate of drug-likeness (QED) is 0.259. The fourth-order valence-corrected chi connectivity index (χ4v) is 7.17. The van der Waals surface area contributed by atoms with Crippen molar-refractivity contribution < 1.29 is 19.1 Å². The van der Waals surface area contributed by atoms with Crippen molar-refractivity contribution in [2.75, 3.05) is 37.1 Å². The largest absolute Gasteiger partial charge is 0.496 e. The van der Waals surface area contributed by atoms with E-state index < -0.39 is 0 Å². The van der Waals surface area contributed by atoms with Crippen LogP contribution in [0.5, 0.6) is 11.5 Å². The highest BCUT2D eigenvalue weighted by atomic mass is 16.5. The molecule has 2 amide bonds. The van der Waals surface area contributed by atoms with Gasteiger partial charge in [0.2, 0.25) is 0 Å². The van der Waals surface area contributed by atoms with Crippen LogP contribution in [0.15, 0.2) is 84.9 Å². The van der Waals surface area contributed by atoms with Gasteiger partial charge in [0.15, 0.2) is 0 Å². The number of benzene rings is 4. The molecule has 6 N–H and O–H groups in total. The predicted octanol–water partition coefficient (Wildman–Crippen LogP) is 4.69. The predicted molar refractivity (Wildman–Crippen MR) is 177 cm³/mol. The molecule has 4 atom stereocenters. The molecule has 0 fully saturated rings. The summed E-state index contributed by atoms with van der Waals surface area (Å²) >= 11 is 0. The van der Waals surface area contributed by atoms with Crippen LogP contribution in [0, 0.1) is 0 Å². The first kappa shape index (κ1) is 29.6. The summed E-state index contributed by atoms with van der Waals surface area (Å²) < 4.78 is 11.0. The van der Waals surface area contributed by atoms with Crippen LogP contribution in [0.25, 0.3) is 0 Å². The van der Waals surface area contributed by atoms with Crippen molar-refractivity contribution in [1.29, 1.82) is 0 Å². The summed E-state index contributed by atoms with van der Waals surface area (Å²) in [5, 5.41) is 6.21. The maximum atomic E-state index is 12.6. The van der Waals surface area contributed by atoms with E-state index in [1.807, 2.05) is 84.9 Å². The summed E-state index contributed by atoms with van der Waals surface area (Å²) in [5.74, 6) is 1.41. The molecular formula is C36H38N6O4. The van der Waals surface area contributed by atoms with Gasteiger partial charge in [-0.3, -0.25) is 9.59 Å². The maximum absolute atomic E-state index is 12.6. The monoisotopic (exact) mass is 618 g/mol. The molecule has 0 saturated carbocycles. The van der Waals surface area contributed by atoms with Crippen molar-refractivity contribution in [3.8, 4) is 11.5 Å². The fraction of sp³-hybridized carbons (Fsp3) is 0.278. The summed E-state index contributed by atoms with van der Waals surface area (Å²) in [5.41, 5.74) is 19.8. The van der Waals surface area contributed by atoms with Crippen LogP contribution in [0.4, 0.5) is 11.4 Å². The Bertz CT molecular complexity index is 1680. The number of amides is 2. The van der Waals surface area contributed by atoms with Crippen LogP contribution in [-0.2, 0) is 0 Å². The van der Waals surface area contributed by atoms with Crippen molar-refractivity contribution in [3.63, 3.8) is 0 Å². The Morgan fingerprint density at radius 2 is 0.978 bits per heavy atom. The molecule has 0 bridgehead atoms. The second-order valence-electron chi connectivity index (χ2n) is 11.9. The number of rotatable bonds is 4. The third-order valence-corrected chi connectivity index (χ3v) is 9.39. The molecule has 236 valence electrons. The molecule has 0 spiro atoms. The van der Waals surface area contributed by atoms with Gasteiger partial charge >= 0.3 is 0 Å². The normalized spacial score (nSPS) is 22.3. The average Bonchev–Trinajstić information content (AvgIpc) is 3.10. The zero-order valence-corrected chi connectivity index (χ0v) is 25.9. The Kier molecular flexibility index (Phi) is 7.75. The van der Waals surface area contributed by atoms with E-state index in [2.05, 4.69) is 20.4 Å².